The second kappa shape index (κ2) is 8.61. The van der Waals surface area contributed by atoms with E-state index in [0.717, 1.165) is 0 Å². The summed E-state index contributed by atoms with van der Waals surface area (Å²) in [7, 11) is 0. The van der Waals surface area contributed by atoms with Gasteiger partial charge < -0.3 is 14.2 Å². The maximum Gasteiger partial charge on any atom is 0.412 e. The van der Waals surface area contributed by atoms with Crippen LogP contribution in [0.1, 0.15) is 41.5 Å². The van der Waals surface area contributed by atoms with Crippen molar-refractivity contribution >= 4 is 29.4 Å². The molecule has 0 unspecified atom stereocenters. The van der Waals surface area contributed by atoms with Crippen LogP contribution in [0, 0.1) is 5.82 Å². The van der Waals surface area contributed by atoms with Gasteiger partial charge in [0, 0.05) is 11.1 Å². The second-order valence-corrected chi connectivity index (χ2v) is 8.22. The van der Waals surface area contributed by atoms with E-state index in [0.29, 0.717) is 0 Å². The summed E-state index contributed by atoms with van der Waals surface area (Å²) in [6, 6.07) is 2.44. The van der Waals surface area contributed by atoms with Crippen LogP contribution in [0.3, 0.4) is 0 Å². The third kappa shape index (κ3) is 8.30. The van der Waals surface area contributed by atoms with Crippen LogP contribution in [0.2, 0.25) is 5.02 Å². The van der Waals surface area contributed by atoms with Gasteiger partial charge in [0.2, 0.25) is 0 Å². The van der Waals surface area contributed by atoms with E-state index >= 15 is 0 Å². The van der Waals surface area contributed by atoms with E-state index in [9.17, 15) is 14.0 Å². The maximum atomic E-state index is 14.6. The summed E-state index contributed by atoms with van der Waals surface area (Å²) >= 11 is 5.95. The number of carbonyl (C=O) groups excluding carboxylic acids is 2. The van der Waals surface area contributed by atoms with Crippen LogP contribution in [-0.4, -0.2) is 29.9 Å². The van der Waals surface area contributed by atoms with E-state index in [-0.39, 0.29) is 28.6 Å². The summed E-state index contributed by atoms with van der Waals surface area (Å²) in [6.07, 6.45) is -0.840. The molecule has 6 nitrogen and oxygen atoms in total. The Hall–Kier alpha value is -2.28. The molecule has 150 valence electrons. The molecule has 1 amide bonds. The van der Waals surface area contributed by atoms with Gasteiger partial charge in [0.15, 0.2) is 11.6 Å². The Bertz CT molecular complexity index is 735. The highest BCUT2D eigenvalue weighted by atomic mass is 35.5. The molecule has 1 aromatic rings. The van der Waals surface area contributed by atoms with E-state index in [1.165, 1.54) is 12.1 Å². The first-order chi connectivity index (χ1) is 12.2. The molecule has 1 N–H and O–H groups in total. The lowest BCUT2D eigenvalue weighted by Crippen LogP contribution is -2.27. The number of ether oxygens (including phenoxy) is 3. The van der Waals surface area contributed by atoms with Crippen molar-refractivity contribution in [2.75, 3.05) is 11.9 Å². The van der Waals surface area contributed by atoms with E-state index in [4.69, 9.17) is 25.8 Å². The molecule has 0 saturated carbocycles. The fraction of sp³-hybridized carbons (Fsp3) is 0.474. The SMILES string of the molecule is C=C(COc1cc(Cl)cc(NC(=O)OC(C)(C)C)c1F)C(=O)OC(C)(C)C. The molecule has 0 heterocycles. The highest BCUT2D eigenvalue weighted by molar-refractivity contribution is 6.31. The first kappa shape index (κ1) is 22.8. The minimum absolute atomic E-state index is 0.00551. The van der Waals surface area contributed by atoms with Crippen LogP contribution in [-0.2, 0) is 14.3 Å². The van der Waals surface area contributed by atoms with Crippen molar-refractivity contribution < 1.29 is 28.2 Å². The van der Waals surface area contributed by atoms with E-state index in [1.54, 1.807) is 41.5 Å². The summed E-state index contributed by atoms with van der Waals surface area (Å²) in [5.41, 5.74) is -1.64. The number of amides is 1. The number of rotatable bonds is 5. The van der Waals surface area contributed by atoms with Crippen LogP contribution >= 0.6 is 11.6 Å². The molecule has 0 aromatic heterocycles. The number of esters is 1. The van der Waals surface area contributed by atoms with Gasteiger partial charge >= 0.3 is 12.1 Å². The predicted molar refractivity (Wildman–Crippen MR) is 102 cm³/mol. The van der Waals surface area contributed by atoms with Crippen LogP contribution in [0.25, 0.3) is 0 Å². The Labute approximate surface area is 163 Å². The first-order valence-electron chi connectivity index (χ1n) is 8.21. The zero-order valence-electron chi connectivity index (χ0n) is 16.4. The van der Waals surface area contributed by atoms with Gasteiger partial charge in [-0.3, -0.25) is 5.32 Å². The highest BCUT2D eigenvalue weighted by Crippen LogP contribution is 2.30. The minimum Gasteiger partial charge on any atom is -0.485 e. The molecule has 8 heteroatoms. The topological polar surface area (TPSA) is 73.9 Å². The van der Waals surface area contributed by atoms with E-state index in [1.807, 2.05) is 0 Å². The molecule has 0 atom stereocenters. The average Bonchev–Trinajstić information content (AvgIpc) is 2.44. The van der Waals surface area contributed by atoms with Gasteiger partial charge in [-0.1, -0.05) is 18.2 Å². The molecule has 0 spiro atoms. The Morgan fingerprint density at radius 2 is 1.67 bits per heavy atom. The lowest BCUT2D eigenvalue weighted by atomic mass is 10.2. The van der Waals surface area contributed by atoms with Crippen LogP contribution in [0.4, 0.5) is 14.9 Å². The average molecular weight is 402 g/mol. The zero-order valence-corrected chi connectivity index (χ0v) is 17.1. The van der Waals surface area contributed by atoms with Gasteiger partial charge in [-0.15, -0.1) is 0 Å². The van der Waals surface area contributed by atoms with Gasteiger partial charge in [-0.25, -0.2) is 14.0 Å². The zero-order chi connectivity index (χ0) is 21.0. The lowest BCUT2D eigenvalue weighted by molar-refractivity contribution is -0.150. The van der Waals surface area contributed by atoms with Crippen LogP contribution < -0.4 is 10.1 Å². The molecule has 0 aliphatic rings. The van der Waals surface area contributed by atoms with Crippen LogP contribution in [0.15, 0.2) is 24.3 Å². The molecule has 0 saturated heterocycles. The van der Waals surface area contributed by atoms with Crippen molar-refractivity contribution in [2.24, 2.45) is 0 Å². The molecule has 0 radical (unpaired) electrons. The monoisotopic (exact) mass is 401 g/mol. The second-order valence-electron chi connectivity index (χ2n) is 7.79. The van der Waals surface area contributed by atoms with Crippen molar-refractivity contribution in [3.63, 3.8) is 0 Å². The van der Waals surface area contributed by atoms with Crippen molar-refractivity contribution in [1.82, 2.24) is 0 Å². The van der Waals surface area contributed by atoms with Gasteiger partial charge in [0.05, 0.1) is 11.3 Å². The quantitative estimate of drug-likeness (QED) is 0.548. The number of halogens is 2. The maximum absolute atomic E-state index is 14.6. The van der Waals surface area contributed by atoms with Gasteiger partial charge in [0.25, 0.3) is 0 Å². The third-order valence-corrected chi connectivity index (χ3v) is 2.95. The van der Waals surface area contributed by atoms with Crippen molar-refractivity contribution in [3.8, 4) is 5.75 Å². The van der Waals surface area contributed by atoms with Gasteiger partial charge in [0.1, 0.15) is 17.8 Å². The van der Waals surface area contributed by atoms with Gasteiger partial charge in [-0.2, -0.15) is 0 Å². The Kier molecular flexibility index (Phi) is 7.25. The summed E-state index contributed by atoms with van der Waals surface area (Å²) in [5.74, 6) is -1.77. The predicted octanol–water partition coefficient (Wildman–Crippen LogP) is 5.10. The highest BCUT2D eigenvalue weighted by Gasteiger charge is 2.21. The molecular formula is C19H25ClFNO5. The molecule has 1 rings (SSSR count). The largest absolute Gasteiger partial charge is 0.485 e. The normalized spacial score (nSPS) is 11.6. The van der Waals surface area contributed by atoms with Crippen molar-refractivity contribution in [3.05, 3.63) is 35.1 Å². The Balaban J connectivity index is 2.85. The molecule has 1 aromatic carbocycles. The van der Waals surface area contributed by atoms with E-state index in [2.05, 4.69) is 11.9 Å². The van der Waals surface area contributed by atoms with Gasteiger partial charge in [-0.05, 0) is 47.6 Å². The number of hydrogen-bond donors (Lipinski definition) is 1. The third-order valence-electron chi connectivity index (χ3n) is 2.73. The fourth-order valence-electron chi connectivity index (χ4n) is 1.75. The van der Waals surface area contributed by atoms with Crippen molar-refractivity contribution in [2.45, 2.75) is 52.7 Å². The number of nitrogens with one attached hydrogen (secondary N) is 1. The molecule has 0 aliphatic carbocycles. The van der Waals surface area contributed by atoms with E-state index < -0.39 is 29.1 Å². The number of benzene rings is 1. The standard InChI is InChI=1S/C19H25ClFNO5/c1-11(16(23)26-18(2,3)4)10-25-14-9-12(20)8-13(15(14)21)22-17(24)27-19(5,6)7/h8-9H,1,10H2,2-7H3,(H,22,24). The lowest BCUT2D eigenvalue weighted by Gasteiger charge is -2.21. The first-order valence-corrected chi connectivity index (χ1v) is 8.59. The molecule has 0 fully saturated rings. The molecule has 27 heavy (non-hydrogen) atoms. The Morgan fingerprint density at radius 3 is 2.19 bits per heavy atom. The Morgan fingerprint density at radius 1 is 1.11 bits per heavy atom. The molecule has 0 aliphatic heterocycles. The molecular weight excluding hydrogens is 377 g/mol. The van der Waals surface area contributed by atoms with Crippen molar-refractivity contribution in [1.29, 1.82) is 0 Å². The summed E-state index contributed by atoms with van der Waals surface area (Å²) < 4.78 is 30.1. The fourth-order valence-corrected chi connectivity index (χ4v) is 1.96. The number of hydrogen-bond acceptors (Lipinski definition) is 5. The minimum atomic E-state index is -0.859. The van der Waals surface area contributed by atoms with Crippen LogP contribution in [0.5, 0.6) is 5.75 Å². The summed E-state index contributed by atoms with van der Waals surface area (Å²) in [5, 5.41) is 2.40. The number of anilines is 1. The smallest absolute Gasteiger partial charge is 0.412 e. The summed E-state index contributed by atoms with van der Waals surface area (Å²) in [4.78, 5) is 23.7. The number of carbonyl (C=O) groups is 2. The summed E-state index contributed by atoms with van der Waals surface area (Å²) in [6.45, 7) is 13.4. The molecule has 0 bridgehead atoms.